The first-order valence-corrected chi connectivity index (χ1v) is 12.9. The number of nitrogens with one attached hydrogen (secondary N) is 1. The maximum Gasteiger partial charge on any atom is 0.490 e. The number of phosphoric ester groups is 1. The summed E-state index contributed by atoms with van der Waals surface area (Å²) in [6, 6.07) is 0. The highest BCUT2D eigenvalue weighted by molar-refractivity contribution is 7.66. The number of nitrogens with zero attached hydrogens (tertiary/aromatic N) is 1. The molecule has 1 aliphatic heterocycles. The SMILES string of the molecule is O=c1[nH]c(=O)n(CC(F)(F)F)cc1C1OC(COP(=O)(O)OP(=O)(O)OP(=O)(O)O)C(O)C1O. The van der Waals surface area contributed by atoms with Crippen LogP contribution in [0, 0.1) is 0 Å². The third kappa shape index (κ3) is 8.17. The van der Waals surface area contributed by atoms with E-state index in [4.69, 9.17) is 19.4 Å². The molecule has 1 aliphatic rings. The number of hydrogen-bond donors (Lipinski definition) is 7. The van der Waals surface area contributed by atoms with Crippen LogP contribution in [-0.4, -0.2) is 70.4 Å². The molecule has 1 aromatic rings. The maximum absolute atomic E-state index is 12.6. The first kappa shape index (κ1) is 29.0. The van der Waals surface area contributed by atoms with Crippen molar-refractivity contribution in [2.45, 2.75) is 37.1 Å². The van der Waals surface area contributed by atoms with Gasteiger partial charge < -0.3 is 34.5 Å². The van der Waals surface area contributed by atoms with Gasteiger partial charge in [0.1, 0.15) is 31.0 Å². The summed E-state index contributed by atoms with van der Waals surface area (Å²) in [6.45, 7) is -3.05. The van der Waals surface area contributed by atoms with Crippen molar-refractivity contribution in [3.8, 4) is 0 Å². The van der Waals surface area contributed by atoms with Gasteiger partial charge in [-0.3, -0.25) is 18.9 Å². The van der Waals surface area contributed by atoms with E-state index >= 15 is 0 Å². The van der Waals surface area contributed by atoms with E-state index < -0.39 is 84.0 Å². The zero-order valence-electron chi connectivity index (χ0n) is 16.1. The Morgan fingerprint density at radius 3 is 2.15 bits per heavy atom. The Labute approximate surface area is 184 Å². The van der Waals surface area contributed by atoms with E-state index in [1.807, 2.05) is 0 Å². The number of alkyl halides is 3. The molecular weight excluding hydrogens is 550 g/mol. The van der Waals surface area contributed by atoms with E-state index in [-0.39, 0.29) is 4.57 Å². The molecule has 0 saturated carbocycles. The Kier molecular flexibility index (Phi) is 8.55. The standard InChI is InChI=1S/C11H16F3N2O15P3/c12-11(13,14)3-16-1-4(9(19)15-10(16)20)8-7(18)6(17)5(29-8)2-28-33(24,25)31-34(26,27)30-32(21,22)23/h1,5-8,17-18H,2-3H2,(H,24,25)(H,26,27)(H,15,19,20)(H2,21,22,23). The number of H-pyrrole nitrogens is 1. The van der Waals surface area contributed by atoms with Crippen LogP contribution in [0.2, 0.25) is 0 Å². The quantitative estimate of drug-likeness (QED) is 0.170. The van der Waals surface area contributed by atoms with E-state index in [1.54, 1.807) is 4.98 Å². The summed E-state index contributed by atoms with van der Waals surface area (Å²) in [5.74, 6) is 0. The molecule has 1 fully saturated rings. The Bertz CT molecular complexity index is 1160. The Balaban J connectivity index is 2.17. The van der Waals surface area contributed by atoms with Gasteiger partial charge in [-0.2, -0.15) is 21.8 Å². The zero-order valence-corrected chi connectivity index (χ0v) is 18.8. The Morgan fingerprint density at radius 2 is 1.62 bits per heavy atom. The fourth-order valence-corrected chi connectivity index (χ4v) is 5.68. The molecule has 7 N–H and O–H groups in total. The van der Waals surface area contributed by atoms with E-state index in [2.05, 4.69) is 13.1 Å². The minimum atomic E-state index is -5.84. The van der Waals surface area contributed by atoms with Gasteiger partial charge in [-0.25, -0.2) is 18.5 Å². The van der Waals surface area contributed by atoms with Crippen molar-refractivity contribution in [3.63, 3.8) is 0 Å². The third-order valence-corrected chi connectivity index (χ3v) is 7.68. The van der Waals surface area contributed by atoms with Gasteiger partial charge in [0.2, 0.25) is 0 Å². The number of ether oxygens (including phenoxy) is 1. The second-order valence-electron chi connectivity index (χ2n) is 6.55. The van der Waals surface area contributed by atoms with Crippen molar-refractivity contribution in [1.29, 1.82) is 0 Å². The molecule has 1 saturated heterocycles. The summed E-state index contributed by atoms with van der Waals surface area (Å²) in [4.78, 5) is 60.5. The predicted octanol–water partition coefficient (Wildman–Crippen LogP) is -1.40. The molecular formula is C11H16F3N2O15P3. The molecule has 0 aromatic carbocycles. The molecule has 0 bridgehead atoms. The number of halogens is 3. The molecule has 17 nitrogen and oxygen atoms in total. The van der Waals surface area contributed by atoms with Crippen LogP contribution in [0.4, 0.5) is 13.2 Å². The van der Waals surface area contributed by atoms with Crippen LogP contribution in [0.3, 0.4) is 0 Å². The van der Waals surface area contributed by atoms with Crippen LogP contribution in [0.25, 0.3) is 0 Å². The Morgan fingerprint density at radius 1 is 1.03 bits per heavy atom. The number of aliphatic hydroxyl groups is 2. The first-order chi connectivity index (χ1) is 15.2. The predicted molar refractivity (Wildman–Crippen MR) is 96.8 cm³/mol. The number of hydrogen-bond acceptors (Lipinski definition) is 11. The molecule has 196 valence electrons. The summed E-state index contributed by atoms with van der Waals surface area (Å²) in [5.41, 5.74) is -3.47. The summed E-state index contributed by atoms with van der Waals surface area (Å²) in [5, 5.41) is 20.1. The molecule has 6 atom stereocenters. The molecule has 23 heteroatoms. The highest BCUT2D eigenvalue weighted by atomic mass is 31.3. The molecule has 0 radical (unpaired) electrons. The van der Waals surface area contributed by atoms with Crippen LogP contribution < -0.4 is 11.2 Å². The number of aromatic amines is 1. The molecule has 0 amide bonds. The molecule has 2 rings (SSSR count). The van der Waals surface area contributed by atoms with Gasteiger partial charge in [0.05, 0.1) is 12.2 Å². The van der Waals surface area contributed by atoms with Gasteiger partial charge in [0.25, 0.3) is 5.56 Å². The fourth-order valence-electron chi connectivity index (χ4n) is 2.65. The van der Waals surface area contributed by atoms with Crippen molar-refractivity contribution in [3.05, 3.63) is 32.6 Å². The van der Waals surface area contributed by atoms with E-state index in [9.17, 15) is 51.6 Å². The number of phosphoric acid groups is 3. The minimum Gasteiger partial charge on any atom is -0.387 e. The van der Waals surface area contributed by atoms with Gasteiger partial charge in [0, 0.05) is 6.20 Å². The lowest BCUT2D eigenvalue weighted by Gasteiger charge is -2.19. The van der Waals surface area contributed by atoms with Crippen LogP contribution in [0.1, 0.15) is 11.7 Å². The molecule has 0 aliphatic carbocycles. The van der Waals surface area contributed by atoms with Gasteiger partial charge in [-0.1, -0.05) is 0 Å². The van der Waals surface area contributed by atoms with E-state index in [0.717, 1.165) is 0 Å². The average molecular weight is 566 g/mol. The first-order valence-electron chi connectivity index (χ1n) is 8.40. The molecule has 34 heavy (non-hydrogen) atoms. The second-order valence-corrected chi connectivity index (χ2v) is 11.0. The lowest BCUT2D eigenvalue weighted by atomic mass is 10.0. The second kappa shape index (κ2) is 10.0. The number of rotatable bonds is 9. The highest BCUT2D eigenvalue weighted by Crippen LogP contribution is 2.66. The van der Waals surface area contributed by atoms with Crippen molar-refractivity contribution in [2.75, 3.05) is 6.61 Å². The minimum absolute atomic E-state index is 0.0403. The summed E-state index contributed by atoms with van der Waals surface area (Å²) in [6.07, 6.45) is -12.2. The lowest BCUT2D eigenvalue weighted by molar-refractivity contribution is -0.141. The van der Waals surface area contributed by atoms with Crippen molar-refractivity contribution < 1.29 is 74.5 Å². The lowest BCUT2D eigenvalue weighted by Crippen LogP contribution is -2.38. The number of aliphatic hydroxyl groups excluding tert-OH is 2. The summed E-state index contributed by atoms with van der Waals surface area (Å²) >= 11 is 0. The third-order valence-electron chi connectivity index (χ3n) is 3.87. The van der Waals surface area contributed by atoms with Crippen LogP contribution in [-0.2, 0) is 38.1 Å². The van der Waals surface area contributed by atoms with Crippen LogP contribution >= 0.6 is 23.5 Å². The van der Waals surface area contributed by atoms with E-state index in [0.29, 0.717) is 6.20 Å². The summed E-state index contributed by atoms with van der Waals surface area (Å²) in [7, 11) is -17.1. The number of aromatic nitrogens is 2. The van der Waals surface area contributed by atoms with Gasteiger partial charge >= 0.3 is 35.3 Å². The highest BCUT2D eigenvalue weighted by Gasteiger charge is 2.47. The topological polar surface area (TPSA) is 264 Å². The Hall–Kier alpha value is -1.24. The zero-order chi connectivity index (χ0) is 26.3. The van der Waals surface area contributed by atoms with Crippen molar-refractivity contribution in [2.24, 2.45) is 0 Å². The van der Waals surface area contributed by atoms with Crippen LogP contribution in [0.5, 0.6) is 0 Å². The van der Waals surface area contributed by atoms with E-state index in [1.165, 1.54) is 0 Å². The van der Waals surface area contributed by atoms with Crippen molar-refractivity contribution >= 4 is 23.5 Å². The normalized spacial score (nSPS) is 27.3. The smallest absolute Gasteiger partial charge is 0.387 e. The molecule has 6 unspecified atom stereocenters. The molecule has 2 heterocycles. The van der Waals surface area contributed by atoms with Gasteiger partial charge in [-0.15, -0.1) is 0 Å². The molecule has 0 spiro atoms. The van der Waals surface area contributed by atoms with Gasteiger partial charge in [-0.05, 0) is 0 Å². The fraction of sp³-hybridized carbons (Fsp3) is 0.636. The van der Waals surface area contributed by atoms with Gasteiger partial charge in [0.15, 0.2) is 0 Å². The molecule has 1 aromatic heterocycles. The average Bonchev–Trinajstić information content (AvgIpc) is 2.86. The monoisotopic (exact) mass is 566 g/mol. The van der Waals surface area contributed by atoms with Crippen molar-refractivity contribution in [1.82, 2.24) is 9.55 Å². The largest absolute Gasteiger partial charge is 0.490 e. The maximum atomic E-state index is 12.6. The summed E-state index contributed by atoms with van der Waals surface area (Å²) < 4.78 is 87.7. The van der Waals surface area contributed by atoms with Crippen LogP contribution in [0.15, 0.2) is 15.8 Å².